The Balaban J connectivity index is 1.78. The molecule has 1 aromatic heterocycles. The molecule has 0 bridgehead atoms. The van der Waals surface area contributed by atoms with Crippen molar-refractivity contribution in [3.8, 4) is 11.5 Å². The first kappa shape index (κ1) is 21.9. The molecule has 0 radical (unpaired) electrons. The number of nitrogens with zero attached hydrogens (tertiary/aromatic N) is 2. The van der Waals surface area contributed by atoms with Crippen LogP contribution >= 0.6 is 0 Å². The highest BCUT2D eigenvalue weighted by atomic mass is 16.5. The van der Waals surface area contributed by atoms with Crippen LogP contribution in [0.2, 0.25) is 0 Å². The summed E-state index contributed by atoms with van der Waals surface area (Å²) < 4.78 is 12.9. The van der Waals surface area contributed by atoms with E-state index in [0.717, 1.165) is 15.7 Å². The summed E-state index contributed by atoms with van der Waals surface area (Å²) in [6.45, 7) is 1.71. The molecule has 0 aliphatic heterocycles. The Bertz CT molecular complexity index is 1170. The molecule has 31 heavy (non-hydrogen) atoms. The van der Waals surface area contributed by atoms with Gasteiger partial charge in [-0.2, -0.15) is 0 Å². The molecule has 2 aromatic carbocycles. The van der Waals surface area contributed by atoms with Gasteiger partial charge in [0.05, 0.1) is 26.8 Å². The molecule has 1 N–H and O–H groups in total. The third-order valence-corrected chi connectivity index (χ3v) is 4.92. The lowest BCUT2D eigenvalue weighted by molar-refractivity contribution is -0.122. The molecule has 0 spiro atoms. The first-order chi connectivity index (χ1) is 14.9. The van der Waals surface area contributed by atoms with Crippen molar-refractivity contribution in [1.29, 1.82) is 0 Å². The second-order valence-corrected chi connectivity index (χ2v) is 7.03. The van der Waals surface area contributed by atoms with Gasteiger partial charge in [0, 0.05) is 17.8 Å². The van der Waals surface area contributed by atoms with Crippen LogP contribution in [-0.4, -0.2) is 29.3 Å². The number of nitrogens with one attached hydrogen (secondary N) is 1. The summed E-state index contributed by atoms with van der Waals surface area (Å²) >= 11 is 0. The van der Waals surface area contributed by atoms with Crippen molar-refractivity contribution in [2.24, 2.45) is 0 Å². The van der Waals surface area contributed by atoms with Gasteiger partial charge in [0.1, 0.15) is 18.0 Å². The molecule has 0 aliphatic carbocycles. The van der Waals surface area contributed by atoms with Crippen molar-refractivity contribution in [3.05, 3.63) is 92.8 Å². The maximum atomic E-state index is 12.8. The number of amides is 1. The van der Waals surface area contributed by atoms with E-state index >= 15 is 0 Å². The van der Waals surface area contributed by atoms with E-state index in [2.05, 4.69) is 5.32 Å². The van der Waals surface area contributed by atoms with Crippen LogP contribution in [-0.2, 0) is 17.9 Å². The lowest BCUT2D eigenvalue weighted by Crippen LogP contribution is -2.43. The number of aromatic nitrogens is 2. The second-order valence-electron chi connectivity index (χ2n) is 7.03. The fourth-order valence-electron chi connectivity index (χ4n) is 3.29. The quantitative estimate of drug-likeness (QED) is 0.598. The molecule has 0 saturated carbocycles. The summed E-state index contributed by atoms with van der Waals surface area (Å²) in [7, 11) is 3.09. The van der Waals surface area contributed by atoms with Crippen molar-refractivity contribution in [1.82, 2.24) is 14.5 Å². The van der Waals surface area contributed by atoms with E-state index in [1.165, 1.54) is 16.8 Å². The number of benzene rings is 2. The van der Waals surface area contributed by atoms with Crippen LogP contribution in [0, 0.1) is 0 Å². The van der Waals surface area contributed by atoms with Crippen LogP contribution in [0.4, 0.5) is 0 Å². The Morgan fingerprint density at radius 3 is 2.45 bits per heavy atom. The highest BCUT2D eigenvalue weighted by Gasteiger charge is 2.17. The largest absolute Gasteiger partial charge is 0.497 e. The maximum Gasteiger partial charge on any atom is 0.331 e. The van der Waals surface area contributed by atoms with Gasteiger partial charge in [0.25, 0.3) is 5.56 Å². The minimum absolute atomic E-state index is 0.305. The molecular weight excluding hydrogens is 398 g/mol. The topological polar surface area (TPSA) is 91.6 Å². The lowest BCUT2D eigenvalue weighted by atomic mass is 10.1. The van der Waals surface area contributed by atoms with E-state index in [9.17, 15) is 14.4 Å². The highest BCUT2D eigenvalue weighted by molar-refractivity contribution is 5.76. The van der Waals surface area contributed by atoms with Crippen LogP contribution in [0.5, 0.6) is 11.5 Å². The van der Waals surface area contributed by atoms with Crippen molar-refractivity contribution in [3.63, 3.8) is 0 Å². The number of ether oxygens (including phenoxy) is 2. The molecule has 1 atom stereocenters. The van der Waals surface area contributed by atoms with E-state index in [0.29, 0.717) is 18.0 Å². The maximum absolute atomic E-state index is 12.8. The molecule has 0 aliphatic rings. The number of carbonyl (C=O) groups is 1. The van der Waals surface area contributed by atoms with Crippen LogP contribution < -0.4 is 26.0 Å². The standard InChI is InChI=1S/C23H25N3O5/c1-16(19-13-18(30-2)9-10-20(19)31-3)24-21(27)15-26-22(28)11-12-25(23(26)29)14-17-7-5-4-6-8-17/h4-13,16H,14-15H2,1-3H3,(H,24,27)/t16-/m1/s1. The number of methoxy groups -OCH3 is 2. The van der Waals surface area contributed by atoms with Gasteiger partial charge in [-0.25, -0.2) is 4.79 Å². The van der Waals surface area contributed by atoms with Gasteiger partial charge in [-0.05, 0) is 30.7 Å². The fraction of sp³-hybridized carbons (Fsp3) is 0.261. The minimum atomic E-state index is -0.543. The number of hydrogen-bond acceptors (Lipinski definition) is 5. The van der Waals surface area contributed by atoms with Crippen LogP contribution in [0.3, 0.4) is 0 Å². The summed E-state index contributed by atoms with van der Waals surface area (Å²) in [6, 6.07) is 15.5. The number of carbonyl (C=O) groups excluding carboxylic acids is 1. The number of hydrogen-bond donors (Lipinski definition) is 1. The van der Waals surface area contributed by atoms with E-state index in [4.69, 9.17) is 9.47 Å². The zero-order valence-corrected chi connectivity index (χ0v) is 17.7. The molecular formula is C23H25N3O5. The Morgan fingerprint density at radius 1 is 1.03 bits per heavy atom. The fourth-order valence-corrected chi connectivity index (χ4v) is 3.29. The van der Waals surface area contributed by atoms with Crippen molar-refractivity contribution in [2.75, 3.05) is 14.2 Å². The van der Waals surface area contributed by atoms with Gasteiger partial charge in [-0.1, -0.05) is 30.3 Å². The molecule has 0 saturated heterocycles. The zero-order valence-electron chi connectivity index (χ0n) is 17.7. The molecule has 3 aromatic rings. The molecule has 0 fully saturated rings. The second kappa shape index (κ2) is 9.80. The van der Waals surface area contributed by atoms with Crippen molar-refractivity contribution >= 4 is 5.91 Å². The normalized spacial score (nSPS) is 11.6. The first-order valence-electron chi connectivity index (χ1n) is 9.78. The lowest BCUT2D eigenvalue weighted by Gasteiger charge is -2.18. The van der Waals surface area contributed by atoms with Crippen LogP contribution in [0.25, 0.3) is 0 Å². The highest BCUT2D eigenvalue weighted by Crippen LogP contribution is 2.29. The predicted octanol–water partition coefficient (Wildman–Crippen LogP) is 1.95. The summed E-state index contributed by atoms with van der Waals surface area (Å²) in [5.74, 6) is 0.754. The molecule has 1 amide bonds. The molecule has 0 unspecified atom stereocenters. The molecule has 3 rings (SSSR count). The van der Waals surface area contributed by atoms with Crippen LogP contribution in [0.15, 0.2) is 70.4 Å². The van der Waals surface area contributed by atoms with Crippen molar-refractivity contribution in [2.45, 2.75) is 26.1 Å². The van der Waals surface area contributed by atoms with Gasteiger partial charge >= 0.3 is 5.69 Å². The smallest absolute Gasteiger partial charge is 0.331 e. The molecule has 8 heteroatoms. The van der Waals surface area contributed by atoms with Gasteiger partial charge in [0.15, 0.2) is 0 Å². The van der Waals surface area contributed by atoms with E-state index in [1.807, 2.05) is 30.3 Å². The third kappa shape index (κ3) is 5.22. The Labute approximate surface area is 179 Å². The summed E-state index contributed by atoms with van der Waals surface area (Å²) in [5, 5.41) is 2.81. The predicted molar refractivity (Wildman–Crippen MR) is 117 cm³/mol. The van der Waals surface area contributed by atoms with Gasteiger partial charge in [-0.3, -0.25) is 18.7 Å². The van der Waals surface area contributed by atoms with E-state index in [-0.39, 0.29) is 6.54 Å². The average Bonchev–Trinajstić information content (AvgIpc) is 2.78. The minimum Gasteiger partial charge on any atom is -0.497 e. The van der Waals surface area contributed by atoms with Gasteiger partial charge < -0.3 is 14.8 Å². The molecule has 8 nitrogen and oxygen atoms in total. The summed E-state index contributed by atoms with van der Waals surface area (Å²) in [4.78, 5) is 37.7. The third-order valence-electron chi connectivity index (χ3n) is 4.92. The molecule has 162 valence electrons. The zero-order chi connectivity index (χ0) is 22.4. The Hall–Kier alpha value is -3.81. The average molecular weight is 423 g/mol. The monoisotopic (exact) mass is 423 g/mol. The molecule has 1 heterocycles. The van der Waals surface area contributed by atoms with Gasteiger partial charge in [0.2, 0.25) is 5.91 Å². The van der Waals surface area contributed by atoms with E-state index < -0.39 is 23.2 Å². The summed E-state index contributed by atoms with van der Waals surface area (Å²) in [5.41, 5.74) is 0.560. The Kier molecular flexibility index (Phi) is 6.92. The first-order valence-corrected chi connectivity index (χ1v) is 9.78. The SMILES string of the molecule is COc1ccc(OC)c([C@@H](C)NC(=O)Cn2c(=O)ccn(Cc3ccccc3)c2=O)c1. The summed E-state index contributed by atoms with van der Waals surface area (Å²) in [6.07, 6.45) is 1.44. The van der Waals surface area contributed by atoms with Gasteiger partial charge in [-0.15, -0.1) is 0 Å². The number of rotatable bonds is 8. The Morgan fingerprint density at radius 2 is 1.77 bits per heavy atom. The van der Waals surface area contributed by atoms with Crippen LogP contribution in [0.1, 0.15) is 24.1 Å². The van der Waals surface area contributed by atoms with Crippen molar-refractivity contribution < 1.29 is 14.3 Å². The van der Waals surface area contributed by atoms with E-state index in [1.54, 1.807) is 39.3 Å².